The molecule has 1 rings (SSSR count). The van der Waals surface area contributed by atoms with Crippen LogP contribution in [0.5, 0.6) is 11.5 Å². The zero-order valence-corrected chi connectivity index (χ0v) is 10.1. The first-order valence-corrected chi connectivity index (χ1v) is 5.43. The molecule has 0 heterocycles. The minimum Gasteiger partial charge on any atom is -0.487 e. The van der Waals surface area contributed by atoms with Gasteiger partial charge in [0.1, 0.15) is 6.61 Å². The van der Waals surface area contributed by atoms with Crippen molar-refractivity contribution in [3.8, 4) is 11.5 Å². The molecule has 0 saturated carbocycles. The molecule has 0 saturated heterocycles. The maximum absolute atomic E-state index is 12.1. The predicted molar refractivity (Wildman–Crippen MR) is 59.5 cm³/mol. The zero-order chi connectivity index (χ0) is 13.8. The Bertz CT molecular complexity index is 388. The third-order valence-electron chi connectivity index (χ3n) is 2.38. The molecule has 1 aromatic rings. The fourth-order valence-corrected chi connectivity index (χ4v) is 1.11. The third kappa shape index (κ3) is 4.83. The molecule has 0 spiro atoms. The maximum Gasteiger partial charge on any atom is 0.573 e. The second-order valence-electron chi connectivity index (χ2n) is 4.13. The van der Waals surface area contributed by atoms with Gasteiger partial charge < -0.3 is 14.6 Å². The first-order valence-electron chi connectivity index (χ1n) is 5.43. The van der Waals surface area contributed by atoms with Gasteiger partial charge in [0.25, 0.3) is 0 Å². The first-order chi connectivity index (χ1) is 8.23. The number of halogens is 3. The molecule has 3 nitrogen and oxygen atoms in total. The van der Waals surface area contributed by atoms with Crippen LogP contribution in [-0.2, 0) is 0 Å². The number of aliphatic hydroxyl groups is 1. The van der Waals surface area contributed by atoms with Crippen LogP contribution in [0.1, 0.15) is 20.3 Å². The van der Waals surface area contributed by atoms with Crippen LogP contribution in [0.3, 0.4) is 0 Å². The molecular formula is C12H15F3O3. The van der Waals surface area contributed by atoms with Gasteiger partial charge in [0, 0.05) is 0 Å². The molecule has 0 aliphatic carbocycles. The van der Waals surface area contributed by atoms with Crippen LogP contribution in [0, 0.1) is 0 Å². The summed E-state index contributed by atoms with van der Waals surface area (Å²) in [5.74, 6) is -0.472. The lowest BCUT2D eigenvalue weighted by Crippen LogP contribution is -2.31. The van der Waals surface area contributed by atoms with Crippen molar-refractivity contribution in [1.82, 2.24) is 0 Å². The van der Waals surface area contributed by atoms with Crippen LogP contribution in [0.25, 0.3) is 0 Å². The van der Waals surface area contributed by atoms with Crippen molar-refractivity contribution >= 4 is 0 Å². The summed E-state index contributed by atoms with van der Waals surface area (Å²) in [6, 6.07) is 5.45. The highest BCUT2D eigenvalue weighted by Crippen LogP contribution is 2.32. The van der Waals surface area contributed by atoms with Gasteiger partial charge in [0.2, 0.25) is 0 Å². The largest absolute Gasteiger partial charge is 0.573 e. The van der Waals surface area contributed by atoms with Gasteiger partial charge in [-0.1, -0.05) is 19.1 Å². The second-order valence-corrected chi connectivity index (χ2v) is 4.13. The molecule has 1 atom stereocenters. The summed E-state index contributed by atoms with van der Waals surface area (Å²) in [5.41, 5.74) is -1.09. The SMILES string of the molecule is CCC(C)(O)COc1ccccc1OC(F)(F)F. The molecular weight excluding hydrogens is 249 g/mol. The molecule has 0 bridgehead atoms. The van der Waals surface area contributed by atoms with Crippen LogP contribution in [-0.4, -0.2) is 23.7 Å². The van der Waals surface area contributed by atoms with E-state index in [2.05, 4.69) is 4.74 Å². The van der Waals surface area contributed by atoms with E-state index in [1.807, 2.05) is 0 Å². The van der Waals surface area contributed by atoms with Crippen LogP contribution in [0.15, 0.2) is 24.3 Å². The molecule has 0 radical (unpaired) electrons. The van der Waals surface area contributed by atoms with Gasteiger partial charge in [-0.25, -0.2) is 0 Å². The Hall–Kier alpha value is -1.43. The Balaban J connectivity index is 2.77. The molecule has 1 unspecified atom stereocenters. The summed E-state index contributed by atoms with van der Waals surface area (Å²) in [7, 11) is 0. The minimum absolute atomic E-state index is 0.0523. The number of rotatable bonds is 5. The normalized spacial score (nSPS) is 15.0. The van der Waals surface area contributed by atoms with Crippen molar-refractivity contribution in [2.24, 2.45) is 0 Å². The average molecular weight is 264 g/mol. The number of hydrogen-bond donors (Lipinski definition) is 1. The van der Waals surface area contributed by atoms with Gasteiger partial charge in [-0.15, -0.1) is 13.2 Å². The van der Waals surface area contributed by atoms with E-state index in [4.69, 9.17) is 4.74 Å². The van der Waals surface area contributed by atoms with E-state index in [0.29, 0.717) is 6.42 Å². The predicted octanol–water partition coefficient (Wildman–Crippen LogP) is 3.13. The lowest BCUT2D eigenvalue weighted by Gasteiger charge is -2.22. The van der Waals surface area contributed by atoms with Crippen LogP contribution < -0.4 is 9.47 Å². The third-order valence-corrected chi connectivity index (χ3v) is 2.38. The molecule has 102 valence electrons. The standard InChI is InChI=1S/C12H15F3O3/c1-3-11(2,16)8-17-9-6-4-5-7-10(9)18-12(13,14)15/h4-7,16H,3,8H2,1-2H3. The highest BCUT2D eigenvalue weighted by atomic mass is 19.4. The highest BCUT2D eigenvalue weighted by Gasteiger charge is 2.32. The van der Waals surface area contributed by atoms with Gasteiger partial charge in [-0.05, 0) is 25.5 Å². The van der Waals surface area contributed by atoms with Gasteiger partial charge in [0.05, 0.1) is 5.60 Å². The van der Waals surface area contributed by atoms with Crippen molar-refractivity contribution in [1.29, 1.82) is 0 Å². The van der Waals surface area contributed by atoms with Gasteiger partial charge in [0.15, 0.2) is 11.5 Å². The van der Waals surface area contributed by atoms with Crippen molar-refractivity contribution in [2.75, 3.05) is 6.61 Å². The average Bonchev–Trinajstić information content (AvgIpc) is 2.26. The van der Waals surface area contributed by atoms with Gasteiger partial charge in [-0.3, -0.25) is 0 Å². The molecule has 1 aromatic carbocycles. The number of hydrogen-bond acceptors (Lipinski definition) is 3. The van der Waals surface area contributed by atoms with Crippen molar-refractivity contribution in [2.45, 2.75) is 32.2 Å². The smallest absolute Gasteiger partial charge is 0.487 e. The monoisotopic (exact) mass is 264 g/mol. The van der Waals surface area contributed by atoms with Gasteiger partial charge >= 0.3 is 6.36 Å². The minimum atomic E-state index is -4.77. The molecule has 0 aliphatic heterocycles. The summed E-state index contributed by atoms with van der Waals surface area (Å²) in [4.78, 5) is 0. The zero-order valence-electron chi connectivity index (χ0n) is 10.1. The summed E-state index contributed by atoms with van der Waals surface area (Å²) in [6.45, 7) is 3.18. The molecule has 0 aromatic heterocycles. The lowest BCUT2D eigenvalue weighted by atomic mass is 10.1. The van der Waals surface area contributed by atoms with E-state index in [9.17, 15) is 18.3 Å². The summed E-state index contributed by atoms with van der Waals surface area (Å²) in [6.07, 6.45) is -4.35. The molecule has 0 amide bonds. The van der Waals surface area contributed by atoms with E-state index in [1.54, 1.807) is 13.8 Å². The molecule has 18 heavy (non-hydrogen) atoms. The molecule has 0 aliphatic rings. The van der Waals surface area contributed by atoms with Crippen LogP contribution >= 0.6 is 0 Å². The van der Waals surface area contributed by atoms with E-state index < -0.39 is 17.7 Å². The van der Waals surface area contributed by atoms with Crippen LogP contribution in [0.2, 0.25) is 0 Å². The number of alkyl halides is 3. The summed E-state index contributed by atoms with van der Waals surface area (Å²) < 4.78 is 45.4. The van der Waals surface area contributed by atoms with E-state index in [0.717, 1.165) is 6.07 Å². The van der Waals surface area contributed by atoms with Gasteiger partial charge in [-0.2, -0.15) is 0 Å². The Kier molecular flexibility index (Phi) is 4.45. The number of benzene rings is 1. The number of para-hydroxylation sites is 2. The van der Waals surface area contributed by atoms with Crippen molar-refractivity contribution < 1.29 is 27.8 Å². The fourth-order valence-electron chi connectivity index (χ4n) is 1.11. The van der Waals surface area contributed by atoms with E-state index in [-0.39, 0.29) is 12.4 Å². The van der Waals surface area contributed by atoms with Crippen molar-refractivity contribution in [3.63, 3.8) is 0 Å². The Morgan fingerprint density at radius 3 is 2.22 bits per heavy atom. The summed E-state index contributed by atoms with van der Waals surface area (Å²) in [5, 5.41) is 9.72. The van der Waals surface area contributed by atoms with Crippen molar-refractivity contribution in [3.05, 3.63) is 24.3 Å². The van der Waals surface area contributed by atoms with Crippen LogP contribution in [0.4, 0.5) is 13.2 Å². The highest BCUT2D eigenvalue weighted by molar-refractivity contribution is 5.39. The first kappa shape index (κ1) is 14.6. The maximum atomic E-state index is 12.1. The lowest BCUT2D eigenvalue weighted by molar-refractivity contribution is -0.275. The molecule has 1 N–H and O–H groups in total. The Morgan fingerprint density at radius 1 is 1.17 bits per heavy atom. The van der Waals surface area contributed by atoms with E-state index >= 15 is 0 Å². The second kappa shape index (κ2) is 5.48. The Labute approximate surface area is 103 Å². The summed E-state index contributed by atoms with van der Waals surface area (Å²) >= 11 is 0. The molecule has 0 fully saturated rings. The Morgan fingerprint density at radius 2 is 1.72 bits per heavy atom. The van der Waals surface area contributed by atoms with E-state index in [1.165, 1.54) is 18.2 Å². The number of ether oxygens (including phenoxy) is 2. The fraction of sp³-hybridized carbons (Fsp3) is 0.500. The molecule has 6 heteroatoms. The quantitative estimate of drug-likeness (QED) is 0.888. The topological polar surface area (TPSA) is 38.7 Å².